The highest BCUT2D eigenvalue weighted by atomic mass is 16.5. The summed E-state index contributed by atoms with van der Waals surface area (Å²) in [7, 11) is 1.42. The highest BCUT2D eigenvalue weighted by molar-refractivity contribution is 5.75. The van der Waals surface area contributed by atoms with E-state index in [0.29, 0.717) is 6.61 Å². The molecule has 2 aliphatic rings. The first kappa shape index (κ1) is 14.1. The predicted molar refractivity (Wildman–Crippen MR) is 68.7 cm³/mol. The van der Waals surface area contributed by atoms with E-state index in [1.165, 1.54) is 7.11 Å². The third-order valence-electron chi connectivity index (χ3n) is 3.86. The van der Waals surface area contributed by atoms with Gasteiger partial charge in [0.1, 0.15) is 0 Å². The molecular formula is C13H22N2O4. The van der Waals surface area contributed by atoms with Crippen LogP contribution in [0.15, 0.2) is 0 Å². The fourth-order valence-electron chi connectivity index (χ4n) is 2.70. The number of hydrogen-bond acceptors (Lipinski definition) is 4. The van der Waals surface area contributed by atoms with Gasteiger partial charge in [-0.2, -0.15) is 0 Å². The minimum atomic E-state index is -0.133. The molecule has 0 aromatic carbocycles. The van der Waals surface area contributed by atoms with E-state index in [4.69, 9.17) is 9.47 Å². The highest BCUT2D eigenvalue weighted by Gasteiger charge is 2.28. The summed E-state index contributed by atoms with van der Waals surface area (Å²) in [5.41, 5.74) is 0. The molecule has 1 atom stereocenters. The number of rotatable bonds is 3. The normalized spacial score (nSPS) is 30.7. The van der Waals surface area contributed by atoms with Gasteiger partial charge in [0.2, 0.25) is 0 Å². The second-order valence-electron chi connectivity index (χ2n) is 5.25. The number of carbonyl (C=O) groups excluding carboxylic acids is 2. The first-order chi connectivity index (χ1) is 9.19. The molecule has 1 saturated carbocycles. The zero-order chi connectivity index (χ0) is 13.7. The lowest BCUT2D eigenvalue weighted by Crippen LogP contribution is -2.47. The monoisotopic (exact) mass is 270 g/mol. The number of amides is 2. The quantitative estimate of drug-likeness (QED) is 0.744. The summed E-state index contributed by atoms with van der Waals surface area (Å²) in [6.07, 6.45) is 4.10. The van der Waals surface area contributed by atoms with E-state index in [1.54, 1.807) is 0 Å². The van der Waals surface area contributed by atoms with Crippen LogP contribution >= 0.6 is 0 Å². The van der Waals surface area contributed by atoms with Crippen LogP contribution in [-0.2, 0) is 14.3 Å². The maximum atomic E-state index is 11.8. The Labute approximate surface area is 113 Å². The summed E-state index contributed by atoms with van der Waals surface area (Å²) >= 11 is 0. The van der Waals surface area contributed by atoms with Gasteiger partial charge in [-0.3, -0.25) is 4.79 Å². The summed E-state index contributed by atoms with van der Waals surface area (Å²) in [6, 6.07) is 0.159. The zero-order valence-electron chi connectivity index (χ0n) is 11.3. The summed E-state index contributed by atoms with van der Waals surface area (Å²) in [4.78, 5) is 23.2. The summed E-state index contributed by atoms with van der Waals surface area (Å²) in [5.74, 6) is -0.139. The summed E-state index contributed by atoms with van der Waals surface area (Å²) in [6.45, 7) is 1.32. The molecule has 2 amide bonds. The Hall–Kier alpha value is -1.30. The maximum absolute atomic E-state index is 11.8. The van der Waals surface area contributed by atoms with Crippen molar-refractivity contribution in [3.05, 3.63) is 0 Å². The van der Waals surface area contributed by atoms with Crippen molar-refractivity contribution >= 4 is 12.0 Å². The lowest BCUT2D eigenvalue weighted by atomic mass is 9.86. The van der Waals surface area contributed by atoms with Gasteiger partial charge in [-0.1, -0.05) is 0 Å². The molecule has 1 saturated heterocycles. The van der Waals surface area contributed by atoms with Crippen molar-refractivity contribution in [2.75, 3.05) is 20.3 Å². The van der Waals surface area contributed by atoms with Crippen molar-refractivity contribution in [3.8, 4) is 0 Å². The predicted octanol–water partition coefficient (Wildman–Crippen LogP) is 0.806. The van der Waals surface area contributed by atoms with Crippen molar-refractivity contribution in [1.82, 2.24) is 10.6 Å². The minimum Gasteiger partial charge on any atom is -0.469 e. The van der Waals surface area contributed by atoms with E-state index in [9.17, 15) is 9.59 Å². The van der Waals surface area contributed by atoms with Crippen molar-refractivity contribution in [2.45, 2.75) is 44.2 Å². The number of hydrogen-bond donors (Lipinski definition) is 2. The molecule has 19 heavy (non-hydrogen) atoms. The van der Waals surface area contributed by atoms with Crippen LogP contribution in [0.4, 0.5) is 4.79 Å². The SMILES string of the molecule is COC(=O)C1CCC(NC(=O)NC2CCOC2)CC1. The summed E-state index contributed by atoms with van der Waals surface area (Å²) in [5, 5.41) is 5.87. The van der Waals surface area contributed by atoms with Crippen LogP contribution < -0.4 is 10.6 Å². The van der Waals surface area contributed by atoms with Crippen LogP contribution in [0.25, 0.3) is 0 Å². The average molecular weight is 270 g/mol. The Morgan fingerprint density at radius 2 is 1.74 bits per heavy atom. The lowest BCUT2D eigenvalue weighted by molar-refractivity contribution is -0.146. The maximum Gasteiger partial charge on any atom is 0.315 e. The van der Waals surface area contributed by atoms with Gasteiger partial charge in [0, 0.05) is 12.6 Å². The van der Waals surface area contributed by atoms with Crippen LogP contribution in [0.2, 0.25) is 0 Å². The molecule has 0 aromatic heterocycles. The highest BCUT2D eigenvalue weighted by Crippen LogP contribution is 2.25. The molecule has 1 heterocycles. The first-order valence-corrected chi connectivity index (χ1v) is 6.91. The van der Waals surface area contributed by atoms with Crippen molar-refractivity contribution < 1.29 is 19.1 Å². The molecule has 1 aliphatic heterocycles. The largest absolute Gasteiger partial charge is 0.469 e. The molecule has 1 aliphatic carbocycles. The van der Waals surface area contributed by atoms with Gasteiger partial charge in [-0.15, -0.1) is 0 Å². The van der Waals surface area contributed by atoms with Crippen molar-refractivity contribution in [2.24, 2.45) is 5.92 Å². The molecule has 0 radical (unpaired) electrons. The van der Waals surface area contributed by atoms with Gasteiger partial charge in [0.15, 0.2) is 0 Å². The van der Waals surface area contributed by atoms with Gasteiger partial charge in [-0.05, 0) is 32.1 Å². The van der Waals surface area contributed by atoms with Crippen LogP contribution in [-0.4, -0.2) is 44.4 Å². The molecule has 0 bridgehead atoms. The Morgan fingerprint density at radius 3 is 2.32 bits per heavy atom. The fraction of sp³-hybridized carbons (Fsp3) is 0.846. The standard InChI is InChI=1S/C13H22N2O4/c1-18-12(16)9-2-4-10(5-3-9)14-13(17)15-11-6-7-19-8-11/h9-11H,2-8H2,1H3,(H2,14,15,17). The molecule has 2 rings (SSSR count). The van der Waals surface area contributed by atoms with Gasteiger partial charge >= 0.3 is 12.0 Å². The molecule has 6 nitrogen and oxygen atoms in total. The zero-order valence-corrected chi connectivity index (χ0v) is 11.3. The number of urea groups is 1. The van der Waals surface area contributed by atoms with Crippen LogP contribution in [0, 0.1) is 5.92 Å². The minimum absolute atomic E-state index is 0.00524. The lowest BCUT2D eigenvalue weighted by Gasteiger charge is -2.28. The van der Waals surface area contributed by atoms with Gasteiger partial charge < -0.3 is 20.1 Å². The van der Waals surface area contributed by atoms with Gasteiger partial charge in [-0.25, -0.2) is 4.79 Å². The van der Waals surface area contributed by atoms with E-state index in [1.807, 2.05) is 0 Å². The molecule has 2 fully saturated rings. The Bertz CT molecular complexity index is 321. The van der Waals surface area contributed by atoms with Gasteiger partial charge in [0.25, 0.3) is 0 Å². The van der Waals surface area contributed by atoms with Crippen LogP contribution in [0.3, 0.4) is 0 Å². The van der Waals surface area contributed by atoms with Crippen LogP contribution in [0.1, 0.15) is 32.1 Å². The number of carbonyl (C=O) groups is 2. The first-order valence-electron chi connectivity index (χ1n) is 6.91. The average Bonchev–Trinajstić information content (AvgIpc) is 2.91. The second-order valence-corrected chi connectivity index (χ2v) is 5.25. The molecule has 6 heteroatoms. The topological polar surface area (TPSA) is 76.7 Å². The van der Waals surface area contributed by atoms with E-state index >= 15 is 0 Å². The van der Waals surface area contributed by atoms with Crippen LogP contribution in [0.5, 0.6) is 0 Å². The smallest absolute Gasteiger partial charge is 0.315 e. The third kappa shape index (κ3) is 4.09. The molecule has 0 aromatic rings. The van der Waals surface area contributed by atoms with Gasteiger partial charge in [0.05, 0.1) is 25.7 Å². The molecule has 1 unspecified atom stereocenters. The Kier molecular flexibility index (Phi) is 5.01. The summed E-state index contributed by atoms with van der Waals surface area (Å²) < 4.78 is 9.95. The number of methoxy groups -OCH3 is 1. The van der Waals surface area contributed by atoms with E-state index in [0.717, 1.165) is 38.7 Å². The number of ether oxygens (including phenoxy) is 2. The fourth-order valence-corrected chi connectivity index (χ4v) is 2.70. The third-order valence-corrected chi connectivity index (χ3v) is 3.86. The molecule has 2 N–H and O–H groups in total. The number of esters is 1. The number of nitrogens with one attached hydrogen (secondary N) is 2. The van der Waals surface area contributed by atoms with Crippen molar-refractivity contribution in [1.29, 1.82) is 0 Å². The molecule has 108 valence electrons. The van der Waals surface area contributed by atoms with Crippen molar-refractivity contribution in [3.63, 3.8) is 0 Å². The second kappa shape index (κ2) is 6.75. The van der Waals surface area contributed by atoms with E-state index < -0.39 is 0 Å². The van der Waals surface area contributed by atoms with E-state index in [2.05, 4.69) is 10.6 Å². The Balaban J connectivity index is 1.67. The Morgan fingerprint density at radius 1 is 1.05 bits per heavy atom. The molecule has 0 spiro atoms. The van der Waals surface area contributed by atoms with E-state index in [-0.39, 0.29) is 30.0 Å². The molecular weight excluding hydrogens is 248 g/mol.